The predicted molar refractivity (Wildman–Crippen MR) is 70.4 cm³/mol. The third-order valence-electron chi connectivity index (χ3n) is 2.61. The Morgan fingerprint density at radius 3 is 2.95 bits per heavy atom. The number of halogens is 1. The first-order valence-corrected chi connectivity index (χ1v) is 6.24. The second-order valence-electron chi connectivity index (χ2n) is 4.15. The van der Waals surface area contributed by atoms with Gasteiger partial charge in [-0.2, -0.15) is 0 Å². The smallest absolute Gasteiger partial charge is 0.496 e. The van der Waals surface area contributed by atoms with Gasteiger partial charge in [-0.15, -0.1) is 0 Å². The molecule has 7 heteroatoms. The summed E-state index contributed by atoms with van der Waals surface area (Å²) in [7, 11) is 1.55. The van der Waals surface area contributed by atoms with E-state index in [2.05, 4.69) is 25.8 Å². The molecule has 102 valence electrons. The summed E-state index contributed by atoms with van der Waals surface area (Å²) >= 11 is 3.36. The molecule has 19 heavy (non-hydrogen) atoms. The van der Waals surface area contributed by atoms with Crippen molar-refractivity contribution in [2.75, 3.05) is 7.11 Å². The molecule has 1 heterocycles. The predicted octanol–water partition coefficient (Wildman–Crippen LogP) is 2.99. The zero-order valence-electron chi connectivity index (χ0n) is 10.3. The van der Waals surface area contributed by atoms with Gasteiger partial charge in [0, 0.05) is 17.0 Å². The number of hydrogen-bond acceptors (Lipinski definition) is 5. The first-order chi connectivity index (χ1) is 8.93. The number of hydrogen-bond donors (Lipinski definition) is 1. The molecule has 0 saturated carbocycles. The van der Waals surface area contributed by atoms with Crippen molar-refractivity contribution in [3.05, 3.63) is 28.2 Å². The van der Waals surface area contributed by atoms with Gasteiger partial charge in [0.1, 0.15) is 5.75 Å². The maximum Gasteiger partial charge on any atom is 0.509 e. The molecule has 0 spiro atoms. The van der Waals surface area contributed by atoms with Crippen LogP contribution in [-0.2, 0) is 9.57 Å². The van der Waals surface area contributed by atoms with Gasteiger partial charge in [0.2, 0.25) is 0 Å². The van der Waals surface area contributed by atoms with Crippen molar-refractivity contribution in [1.82, 2.24) is 0 Å². The average molecular weight is 330 g/mol. The van der Waals surface area contributed by atoms with Gasteiger partial charge in [-0.05, 0) is 18.2 Å². The molecule has 1 aromatic rings. The van der Waals surface area contributed by atoms with Crippen LogP contribution in [0.25, 0.3) is 0 Å². The number of oxime groups is 1. The molecule has 0 bridgehead atoms. The standard InChI is InChI=1S/C12H12BrNO5/c1-12(18-11(15)16)6-9(14-19-12)8-5-7(13)3-4-10(8)17-2/h3-5H,6H2,1-2H3,(H,15,16). The summed E-state index contributed by atoms with van der Waals surface area (Å²) in [4.78, 5) is 15.7. The second kappa shape index (κ2) is 5.08. The Balaban J connectivity index is 2.25. The van der Waals surface area contributed by atoms with Crippen LogP contribution in [0.15, 0.2) is 27.8 Å². The summed E-state index contributed by atoms with van der Waals surface area (Å²) in [6.45, 7) is 1.52. The summed E-state index contributed by atoms with van der Waals surface area (Å²) in [5.41, 5.74) is 1.30. The summed E-state index contributed by atoms with van der Waals surface area (Å²) in [5, 5.41) is 12.5. The van der Waals surface area contributed by atoms with E-state index >= 15 is 0 Å². The summed E-state index contributed by atoms with van der Waals surface area (Å²) in [5.74, 6) is -0.667. The van der Waals surface area contributed by atoms with Crippen molar-refractivity contribution in [2.24, 2.45) is 5.16 Å². The molecule has 0 aliphatic carbocycles. The fourth-order valence-corrected chi connectivity index (χ4v) is 2.17. The highest BCUT2D eigenvalue weighted by atomic mass is 79.9. The van der Waals surface area contributed by atoms with Crippen LogP contribution < -0.4 is 4.74 Å². The van der Waals surface area contributed by atoms with Crippen LogP contribution in [0.3, 0.4) is 0 Å². The SMILES string of the molecule is COc1ccc(Br)cc1C1=NOC(C)(OC(=O)O)C1. The number of rotatable bonds is 3. The van der Waals surface area contributed by atoms with Gasteiger partial charge in [0.25, 0.3) is 5.79 Å². The van der Waals surface area contributed by atoms with E-state index in [0.29, 0.717) is 11.5 Å². The monoisotopic (exact) mass is 329 g/mol. The number of methoxy groups -OCH3 is 1. The largest absolute Gasteiger partial charge is 0.509 e. The molecular weight excluding hydrogens is 318 g/mol. The van der Waals surface area contributed by atoms with Gasteiger partial charge < -0.3 is 19.4 Å². The quantitative estimate of drug-likeness (QED) is 0.862. The van der Waals surface area contributed by atoms with Crippen molar-refractivity contribution >= 4 is 27.8 Å². The first-order valence-electron chi connectivity index (χ1n) is 5.44. The minimum absolute atomic E-state index is 0.214. The van der Waals surface area contributed by atoms with Crippen molar-refractivity contribution in [3.8, 4) is 5.75 Å². The number of nitrogens with zero attached hydrogens (tertiary/aromatic N) is 1. The van der Waals surface area contributed by atoms with Gasteiger partial charge in [0.15, 0.2) is 0 Å². The zero-order valence-corrected chi connectivity index (χ0v) is 11.9. The van der Waals surface area contributed by atoms with Gasteiger partial charge in [0.05, 0.1) is 19.2 Å². The van der Waals surface area contributed by atoms with E-state index in [1.54, 1.807) is 13.2 Å². The minimum atomic E-state index is -1.40. The lowest BCUT2D eigenvalue weighted by molar-refractivity contribution is -0.180. The van der Waals surface area contributed by atoms with Crippen LogP contribution in [0, 0.1) is 0 Å². The molecule has 1 atom stereocenters. The van der Waals surface area contributed by atoms with E-state index in [1.807, 2.05) is 12.1 Å². The van der Waals surface area contributed by atoms with Crippen LogP contribution in [-0.4, -0.2) is 29.9 Å². The highest BCUT2D eigenvalue weighted by Crippen LogP contribution is 2.32. The van der Waals surface area contributed by atoms with Crippen LogP contribution >= 0.6 is 15.9 Å². The molecular formula is C12H12BrNO5. The third kappa shape index (κ3) is 2.98. The molecule has 0 saturated heterocycles. The lowest BCUT2D eigenvalue weighted by Crippen LogP contribution is -2.31. The van der Waals surface area contributed by atoms with E-state index in [4.69, 9.17) is 14.7 Å². The van der Waals surface area contributed by atoms with Crippen molar-refractivity contribution in [3.63, 3.8) is 0 Å². The van der Waals surface area contributed by atoms with Crippen LogP contribution in [0.5, 0.6) is 5.75 Å². The summed E-state index contributed by atoms with van der Waals surface area (Å²) in [6.07, 6.45) is -1.19. The number of carbonyl (C=O) groups is 1. The fraction of sp³-hybridized carbons (Fsp3) is 0.333. The summed E-state index contributed by atoms with van der Waals surface area (Å²) < 4.78 is 10.8. The van der Waals surface area contributed by atoms with Crippen molar-refractivity contribution in [2.45, 2.75) is 19.1 Å². The molecule has 2 rings (SSSR count). The Morgan fingerprint density at radius 1 is 1.58 bits per heavy atom. The maximum absolute atomic E-state index is 10.6. The molecule has 1 aliphatic heterocycles. The second-order valence-corrected chi connectivity index (χ2v) is 5.07. The van der Waals surface area contributed by atoms with Crippen molar-refractivity contribution in [1.29, 1.82) is 0 Å². The van der Waals surface area contributed by atoms with Crippen molar-refractivity contribution < 1.29 is 24.2 Å². The average Bonchev–Trinajstić information content (AvgIpc) is 2.70. The Kier molecular flexibility index (Phi) is 3.66. The number of benzene rings is 1. The zero-order chi connectivity index (χ0) is 14.0. The summed E-state index contributed by atoms with van der Waals surface area (Å²) in [6, 6.07) is 5.45. The highest BCUT2D eigenvalue weighted by molar-refractivity contribution is 9.10. The molecule has 0 fully saturated rings. The lowest BCUT2D eigenvalue weighted by atomic mass is 10.0. The van der Waals surface area contributed by atoms with E-state index < -0.39 is 11.9 Å². The van der Waals surface area contributed by atoms with Gasteiger partial charge in [-0.1, -0.05) is 21.1 Å². The Hall–Kier alpha value is -1.76. The van der Waals surface area contributed by atoms with Gasteiger partial charge >= 0.3 is 6.16 Å². The molecule has 0 aromatic heterocycles. The number of ether oxygens (including phenoxy) is 2. The third-order valence-corrected chi connectivity index (χ3v) is 3.11. The maximum atomic E-state index is 10.6. The number of carboxylic acid groups (broad SMARTS) is 1. The molecule has 1 aliphatic rings. The lowest BCUT2D eigenvalue weighted by Gasteiger charge is -2.19. The Labute approximate surface area is 118 Å². The van der Waals surface area contributed by atoms with Gasteiger partial charge in [-0.3, -0.25) is 0 Å². The molecule has 1 unspecified atom stereocenters. The van der Waals surface area contributed by atoms with E-state index in [1.165, 1.54) is 6.92 Å². The Bertz CT molecular complexity index is 545. The van der Waals surface area contributed by atoms with Crippen LogP contribution in [0.1, 0.15) is 18.9 Å². The topological polar surface area (TPSA) is 77.3 Å². The van der Waals surface area contributed by atoms with E-state index in [9.17, 15) is 4.79 Å². The fourth-order valence-electron chi connectivity index (χ4n) is 1.81. The molecule has 0 amide bonds. The normalized spacial score (nSPS) is 21.5. The molecule has 1 N–H and O–H groups in total. The van der Waals surface area contributed by atoms with Crippen LogP contribution in [0.2, 0.25) is 0 Å². The molecule has 0 radical (unpaired) electrons. The van der Waals surface area contributed by atoms with Crippen LogP contribution in [0.4, 0.5) is 4.79 Å². The highest BCUT2D eigenvalue weighted by Gasteiger charge is 2.39. The Morgan fingerprint density at radius 2 is 2.32 bits per heavy atom. The van der Waals surface area contributed by atoms with E-state index in [-0.39, 0.29) is 6.42 Å². The minimum Gasteiger partial charge on any atom is -0.496 e. The van der Waals surface area contributed by atoms with Gasteiger partial charge in [-0.25, -0.2) is 4.79 Å². The molecule has 1 aromatic carbocycles. The van der Waals surface area contributed by atoms with E-state index in [0.717, 1.165) is 10.0 Å². The molecule has 6 nitrogen and oxygen atoms in total. The first kappa shape index (κ1) is 13.7.